The first-order valence-electron chi connectivity index (χ1n) is 3.84. The first kappa shape index (κ1) is 8.84. The summed E-state index contributed by atoms with van der Waals surface area (Å²) in [6.07, 6.45) is 3.35. The average Bonchev–Trinajstić information content (AvgIpc) is 2.05. The van der Waals surface area contributed by atoms with Crippen LogP contribution in [0.5, 0.6) is 0 Å². The molecule has 0 aliphatic carbocycles. The molecule has 0 aromatic heterocycles. The molecule has 1 rings (SSSR count). The Morgan fingerprint density at radius 1 is 1.58 bits per heavy atom. The fourth-order valence-corrected chi connectivity index (χ4v) is 1.12. The molecule has 1 heterocycles. The SMILES string of the molecule is C=CCC1OC(=O)OCC1C=C. The summed E-state index contributed by atoms with van der Waals surface area (Å²) in [5.74, 6) is 0.0840. The van der Waals surface area contributed by atoms with Crippen LogP contribution in [0, 0.1) is 5.92 Å². The Hall–Kier alpha value is -1.25. The lowest BCUT2D eigenvalue weighted by Gasteiger charge is -2.27. The van der Waals surface area contributed by atoms with Crippen LogP contribution in [-0.2, 0) is 9.47 Å². The van der Waals surface area contributed by atoms with Gasteiger partial charge in [-0.1, -0.05) is 12.2 Å². The fourth-order valence-electron chi connectivity index (χ4n) is 1.12. The van der Waals surface area contributed by atoms with Crippen LogP contribution in [-0.4, -0.2) is 18.9 Å². The zero-order valence-electron chi connectivity index (χ0n) is 6.86. The fraction of sp³-hybridized carbons (Fsp3) is 0.444. The van der Waals surface area contributed by atoms with Gasteiger partial charge in [0.15, 0.2) is 0 Å². The quantitative estimate of drug-likeness (QED) is 0.477. The highest BCUT2D eigenvalue weighted by Gasteiger charge is 2.28. The van der Waals surface area contributed by atoms with Gasteiger partial charge in [-0.15, -0.1) is 13.2 Å². The largest absolute Gasteiger partial charge is 0.508 e. The topological polar surface area (TPSA) is 35.5 Å². The van der Waals surface area contributed by atoms with Gasteiger partial charge in [0.05, 0.1) is 0 Å². The minimum Gasteiger partial charge on any atom is -0.434 e. The van der Waals surface area contributed by atoms with Gasteiger partial charge < -0.3 is 9.47 Å². The molecule has 12 heavy (non-hydrogen) atoms. The van der Waals surface area contributed by atoms with Crippen LogP contribution in [0.25, 0.3) is 0 Å². The van der Waals surface area contributed by atoms with Gasteiger partial charge in [-0.25, -0.2) is 4.79 Å². The summed E-state index contributed by atoms with van der Waals surface area (Å²) < 4.78 is 9.62. The molecular formula is C9H12O3. The lowest BCUT2D eigenvalue weighted by atomic mass is 10.0. The van der Waals surface area contributed by atoms with Gasteiger partial charge >= 0.3 is 6.16 Å². The van der Waals surface area contributed by atoms with E-state index in [0.717, 1.165) is 0 Å². The third-order valence-electron chi connectivity index (χ3n) is 1.82. The highest BCUT2D eigenvalue weighted by Crippen LogP contribution is 2.19. The van der Waals surface area contributed by atoms with E-state index in [1.54, 1.807) is 12.2 Å². The van der Waals surface area contributed by atoms with Crippen molar-refractivity contribution in [3.05, 3.63) is 25.3 Å². The molecule has 1 aliphatic heterocycles. The number of hydrogen-bond donors (Lipinski definition) is 0. The Morgan fingerprint density at radius 3 is 2.92 bits per heavy atom. The maximum atomic E-state index is 10.7. The van der Waals surface area contributed by atoms with Crippen molar-refractivity contribution in [1.29, 1.82) is 0 Å². The molecule has 0 radical (unpaired) electrons. The number of carbonyl (C=O) groups excluding carboxylic acids is 1. The number of hydrogen-bond acceptors (Lipinski definition) is 3. The van der Waals surface area contributed by atoms with Gasteiger partial charge in [0.25, 0.3) is 0 Å². The van der Waals surface area contributed by atoms with Crippen molar-refractivity contribution in [2.24, 2.45) is 5.92 Å². The van der Waals surface area contributed by atoms with Gasteiger partial charge in [0, 0.05) is 12.3 Å². The van der Waals surface area contributed by atoms with Crippen molar-refractivity contribution in [3.8, 4) is 0 Å². The summed E-state index contributed by atoms with van der Waals surface area (Å²) in [5.41, 5.74) is 0. The number of cyclic esters (lactones) is 2. The number of rotatable bonds is 3. The molecule has 0 spiro atoms. The summed E-state index contributed by atoms with van der Waals surface area (Å²) in [6, 6.07) is 0. The van der Waals surface area contributed by atoms with Crippen LogP contribution in [0.1, 0.15) is 6.42 Å². The monoisotopic (exact) mass is 168 g/mol. The highest BCUT2D eigenvalue weighted by atomic mass is 16.7. The van der Waals surface area contributed by atoms with Gasteiger partial charge in [0.1, 0.15) is 12.7 Å². The van der Waals surface area contributed by atoms with E-state index >= 15 is 0 Å². The van der Waals surface area contributed by atoms with E-state index in [0.29, 0.717) is 13.0 Å². The van der Waals surface area contributed by atoms with Gasteiger partial charge in [-0.2, -0.15) is 0 Å². The Labute approximate surface area is 71.7 Å². The van der Waals surface area contributed by atoms with E-state index in [1.807, 2.05) is 0 Å². The maximum absolute atomic E-state index is 10.7. The van der Waals surface area contributed by atoms with Crippen LogP contribution in [0.2, 0.25) is 0 Å². The van der Waals surface area contributed by atoms with E-state index in [1.165, 1.54) is 0 Å². The molecule has 1 saturated heterocycles. The van der Waals surface area contributed by atoms with Gasteiger partial charge in [-0.05, 0) is 0 Å². The second-order valence-electron chi connectivity index (χ2n) is 2.64. The molecular weight excluding hydrogens is 156 g/mol. The first-order valence-corrected chi connectivity index (χ1v) is 3.84. The molecule has 0 saturated carbocycles. The van der Waals surface area contributed by atoms with E-state index in [9.17, 15) is 4.79 Å². The Balaban J connectivity index is 2.56. The molecule has 3 heteroatoms. The third-order valence-corrected chi connectivity index (χ3v) is 1.82. The summed E-state index contributed by atoms with van der Waals surface area (Å²) in [7, 11) is 0. The molecule has 0 amide bonds. The Bertz CT molecular complexity index is 198. The molecule has 0 bridgehead atoms. The maximum Gasteiger partial charge on any atom is 0.508 e. The van der Waals surface area contributed by atoms with Crippen molar-refractivity contribution < 1.29 is 14.3 Å². The van der Waals surface area contributed by atoms with Crippen molar-refractivity contribution >= 4 is 6.16 Å². The number of carbonyl (C=O) groups is 1. The summed E-state index contributed by atoms with van der Waals surface area (Å²) in [4.78, 5) is 10.7. The van der Waals surface area contributed by atoms with Crippen molar-refractivity contribution in [2.75, 3.05) is 6.61 Å². The molecule has 0 aromatic rings. The van der Waals surface area contributed by atoms with Crippen molar-refractivity contribution in [3.63, 3.8) is 0 Å². The minimum absolute atomic E-state index is 0.0840. The van der Waals surface area contributed by atoms with Crippen LogP contribution in [0.15, 0.2) is 25.3 Å². The van der Waals surface area contributed by atoms with Gasteiger partial charge in [-0.3, -0.25) is 0 Å². The third kappa shape index (κ3) is 1.87. The van der Waals surface area contributed by atoms with E-state index in [2.05, 4.69) is 13.2 Å². The summed E-state index contributed by atoms with van der Waals surface area (Å²) in [5, 5.41) is 0. The predicted molar refractivity (Wildman–Crippen MR) is 44.7 cm³/mol. The van der Waals surface area contributed by atoms with Crippen molar-refractivity contribution in [2.45, 2.75) is 12.5 Å². The standard InChI is InChI=1S/C9H12O3/c1-3-5-8-7(4-2)6-11-9(10)12-8/h3-4,7-8H,1-2,5-6H2. The number of ether oxygens (including phenoxy) is 2. The average molecular weight is 168 g/mol. The second-order valence-corrected chi connectivity index (χ2v) is 2.64. The molecule has 2 unspecified atom stereocenters. The molecule has 1 aliphatic rings. The zero-order chi connectivity index (χ0) is 8.97. The molecule has 66 valence electrons. The predicted octanol–water partition coefficient (Wildman–Crippen LogP) is 1.90. The summed E-state index contributed by atoms with van der Waals surface area (Å²) >= 11 is 0. The zero-order valence-corrected chi connectivity index (χ0v) is 6.86. The van der Waals surface area contributed by atoms with Crippen LogP contribution < -0.4 is 0 Å². The minimum atomic E-state index is -0.597. The van der Waals surface area contributed by atoms with Crippen LogP contribution in [0.3, 0.4) is 0 Å². The van der Waals surface area contributed by atoms with E-state index in [4.69, 9.17) is 9.47 Å². The molecule has 3 nitrogen and oxygen atoms in total. The van der Waals surface area contributed by atoms with Gasteiger partial charge in [0.2, 0.25) is 0 Å². The molecule has 0 aromatic carbocycles. The van der Waals surface area contributed by atoms with Crippen LogP contribution >= 0.6 is 0 Å². The molecule has 0 N–H and O–H groups in total. The smallest absolute Gasteiger partial charge is 0.434 e. The lowest BCUT2D eigenvalue weighted by molar-refractivity contribution is -0.0439. The lowest BCUT2D eigenvalue weighted by Crippen LogP contribution is -2.35. The summed E-state index contributed by atoms with van der Waals surface area (Å²) in [6.45, 7) is 7.58. The van der Waals surface area contributed by atoms with E-state index < -0.39 is 6.16 Å². The Kier molecular flexibility index (Phi) is 2.91. The molecule has 1 fully saturated rings. The van der Waals surface area contributed by atoms with Crippen molar-refractivity contribution in [1.82, 2.24) is 0 Å². The molecule has 2 atom stereocenters. The Morgan fingerprint density at radius 2 is 2.33 bits per heavy atom. The highest BCUT2D eigenvalue weighted by molar-refractivity contribution is 5.61. The first-order chi connectivity index (χ1) is 5.77. The van der Waals surface area contributed by atoms with E-state index in [-0.39, 0.29) is 12.0 Å². The van der Waals surface area contributed by atoms with Crippen LogP contribution in [0.4, 0.5) is 4.79 Å². The second kappa shape index (κ2) is 3.95. The normalized spacial score (nSPS) is 28.5.